The molecule has 0 bridgehead atoms. The van der Waals surface area contributed by atoms with Crippen LogP contribution in [0.3, 0.4) is 0 Å². The minimum atomic E-state index is -0.245. The van der Waals surface area contributed by atoms with Gasteiger partial charge in [0.1, 0.15) is 0 Å². The van der Waals surface area contributed by atoms with Gasteiger partial charge < -0.3 is 0 Å². The van der Waals surface area contributed by atoms with Gasteiger partial charge in [-0.1, -0.05) is 39.5 Å². The van der Waals surface area contributed by atoms with Crippen LogP contribution >= 0.6 is 0 Å². The minimum absolute atomic E-state index is 0.245. The Labute approximate surface area is 92.6 Å². The number of amides is 2. The van der Waals surface area contributed by atoms with E-state index in [9.17, 15) is 9.59 Å². The predicted molar refractivity (Wildman–Crippen MR) is 60.4 cm³/mol. The Morgan fingerprint density at radius 1 is 0.800 bits per heavy atom. The van der Waals surface area contributed by atoms with Crippen LogP contribution in [-0.4, -0.2) is 11.8 Å². The van der Waals surface area contributed by atoms with Gasteiger partial charge in [0.2, 0.25) is 11.8 Å². The molecule has 0 spiro atoms. The summed E-state index contributed by atoms with van der Waals surface area (Å²) in [6, 6.07) is 0. The van der Waals surface area contributed by atoms with E-state index in [2.05, 4.69) is 19.2 Å². The van der Waals surface area contributed by atoms with Gasteiger partial charge in [0.25, 0.3) is 0 Å². The zero-order chi connectivity index (χ0) is 11.5. The molecule has 0 N–H and O–H groups in total. The standard InChI is InChI=1S/C12H22NO2/c1-3-5-7-9-11(14)13-12(15)10-8-6-4-2/h3-10H2,1-2H3. The molecule has 0 saturated heterocycles. The fraction of sp³-hybridized carbons (Fsp3) is 0.833. The number of rotatable bonds is 8. The first-order chi connectivity index (χ1) is 7.20. The van der Waals surface area contributed by atoms with E-state index in [4.69, 9.17) is 0 Å². The highest BCUT2D eigenvalue weighted by atomic mass is 16.2. The molecule has 0 fully saturated rings. The summed E-state index contributed by atoms with van der Waals surface area (Å²) in [7, 11) is 0. The molecule has 1 radical (unpaired) electrons. The molecule has 87 valence electrons. The summed E-state index contributed by atoms with van der Waals surface area (Å²) in [4.78, 5) is 22.3. The molecular formula is C12H22NO2. The van der Waals surface area contributed by atoms with Gasteiger partial charge in [-0.3, -0.25) is 9.59 Å². The third kappa shape index (κ3) is 9.44. The second kappa shape index (κ2) is 9.69. The summed E-state index contributed by atoms with van der Waals surface area (Å²) in [5.41, 5.74) is 0. The smallest absolute Gasteiger partial charge is 0.248 e. The Hall–Kier alpha value is -0.860. The van der Waals surface area contributed by atoms with Gasteiger partial charge in [0.05, 0.1) is 0 Å². The Morgan fingerprint density at radius 3 is 1.53 bits per heavy atom. The Balaban J connectivity index is 3.45. The van der Waals surface area contributed by atoms with E-state index in [0.717, 1.165) is 38.5 Å². The number of carbonyl (C=O) groups is 2. The average Bonchev–Trinajstić information content (AvgIpc) is 2.18. The van der Waals surface area contributed by atoms with Gasteiger partial charge in [0, 0.05) is 12.8 Å². The largest absolute Gasteiger partial charge is 0.273 e. The maximum Gasteiger partial charge on any atom is 0.248 e. The SMILES string of the molecule is CCCCCC(=O)[N]C(=O)CCCCC. The molecule has 0 unspecified atom stereocenters. The van der Waals surface area contributed by atoms with Crippen molar-refractivity contribution in [3.05, 3.63) is 0 Å². The van der Waals surface area contributed by atoms with Crippen molar-refractivity contribution in [1.82, 2.24) is 5.32 Å². The van der Waals surface area contributed by atoms with E-state index >= 15 is 0 Å². The van der Waals surface area contributed by atoms with Crippen molar-refractivity contribution in [1.29, 1.82) is 0 Å². The second-order valence-corrected chi connectivity index (χ2v) is 3.81. The zero-order valence-corrected chi connectivity index (χ0v) is 9.92. The fourth-order valence-electron chi connectivity index (χ4n) is 1.30. The molecule has 0 aromatic carbocycles. The van der Waals surface area contributed by atoms with Gasteiger partial charge in [0.15, 0.2) is 0 Å². The van der Waals surface area contributed by atoms with Gasteiger partial charge in [-0.15, -0.1) is 0 Å². The molecule has 3 nitrogen and oxygen atoms in total. The number of unbranched alkanes of at least 4 members (excludes halogenated alkanes) is 4. The molecule has 0 aromatic heterocycles. The first kappa shape index (κ1) is 14.1. The molecule has 0 aromatic rings. The lowest BCUT2D eigenvalue weighted by Gasteiger charge is -2.00. The van der Waals surface area contributed by atoms with E-state index in [1.807, 2.05) is 0 Å². The van der Waals surface area contributed by atoms with Crippen LogP contribution in [0.15, 0.2) is 0 Å². The number of hydrogen-bond donors (Lipinski definition) is 0. The lowest BCUT2D eigenvalue weighted by Crippen LogP contribution is -2.22. The minimum Gasteiger partial charge on any atom is -0.273 e. The van der Waals surface area contributed by atoms with Crippen molar-refractivity contribution >= 4 is 11.8 Å². The topological polar surface area (TPSA) is 48.2 Å². The van der Waals surface area contributed by atoms with Crippen molar-refractivity contribution in [3.8, 4) is 0 Å². The Bertz CT molecular complexity index is 170. The van der Waals surface area contributed by atoms with Crippen molar-refractivity contribution in [2.45, 2.75) is 65.2 Å². The lowest BCUT2D eigenvalue weighted by molar-refractivity contribution is -0.131. The van der Waals surface area contributed by atoms with Crippen LogP contribution in [0.5, 0.6) is 0 Å². The first-order valence-corrected chi connectivity index (χ1v) is 5.98. The molecule has 0 aliphatic heterocycles. The van der Waals surface area contributed by atoms with Crippen LogP contribution < -0.4 is 5.32 Å². The predicted octanol–water partition coefficient (Wildman–Crippen LogP) is 2.80. The molecule has 0 rings (SSSR count). The third-order valence-corrected chi connectivity index (χ3v) is 2.24. The van der Waals surface area contributed by atoms with Crippen LogP contribution in [0.1, 0.15) is 65.2 Å². The van der Waals surface area contributed by atoms with E-state index in [1.165, 1.54) is 0 Å². The summed E-state index contributed by atoms with van der Waals surface area (Å²) in [5.74, 6) is -0.491. The summed E-state index contributed by atoms with van der Waals surface area (Å²) in [6.07, 6.45) is 6.77. The third-order valence-electron chi connectivity index (χ3n) is 2.24. The van der Waals surface area contributed by atoms with E-state index in [0.29, 0.717) is 12.8 Å². The van der Waals surface area contributed by atoms with E-state index in [1.54, 1.807) is 0 Å². The van der Waals surface area contributed by atoms with E-state index in [-0.39, 0.29) is 11.8 Å². The van der Waals surface area contributed by atoms with Crippen LogP contribution in [0.4, 0.5) is 0 Å². The Kier molecular flexibility index (Phi) is 9.13. The van der Waals surface area contributed by atoms with Gasteiger partial charge in [-0.25, -0.2) is 0 Å². The van der Waals surface area contributed by atoms with Gasteiger partial charge in [-0.2, -0.15) is 5.32 Å². The number of hydrogen-bond acceptors (Lipinski definition) is 2. The molecule has 0 aliphatic rings. The van der Waals surface area contributed by atoms with Crippen LogP contribution in [0, 0.1) is 0 Å². The molecule has 0 saturated carbocycles. The zero-order valence-electron chi connectivity index (χ0n) is 9.92. The number of carbonyl (C=O) groups excluding carboxylic acids is 2. The molecule has 0 atom stereocenters. The monoisotopic (exact) mass is 212 g/mol. The van der Waals surface area contributed by atoms with E-state index < -0.39 is 0 Å². The van der Waals surface area contributed by atoms with Crippen LogP contribution in [0.2, 0.25) is 0 Å². The average molecular weight is 212 g/mol. The molecule has 0 aliphatic carbocycles. The molecule has 3 heteroatoms. The molecule has 0 heterocycles. The normalized spacial score (nSPS) is 10.0. The van der Waals surface area contributed by atoms with Crippen LogP contribution in [-0.2, 0) is 9.59 Å². The number of imide groups is 1. The maximum atomic E-state index is 11.2. The van der Waals surface area contributed by atoms with Crippen molar-refractivity contribution < 1.29 is 9.59 Å². The summed E-state index contributed by atoms with van der Waals surface area (Å²) in [6.45, 7) is 4.16. The quantitative estimate of drug-likeness (QED) is 0.581. The number of nitrogens with zero attached hydrogens (tertiary/aromatic N) is 1. The lowest BCUT2D eigenvalue weighted by atomic mass is 10.2. The second-order valence-electron chi connectivity index (χ2n) is 3.81. The summed E-state index contributed by atoms with van der Waals surface area (Å²) in [5, 5.41) is 3.54. The highest BCUT2D eigenvalue weighted by Crippen LogP contribution is 2.01. The summed E-state index contributed by atoms with van der Waals surface area (Å²) >= 11 is 0. The maximum absolute atomic E-state index is 11.2. The molecular weight excluding hydrogens is 190 g/mol. The fourth-order valence-corrected chi connectivity index (χ4v) is 1.30. The van der Waals surface area contributed by atoms with Gasteiger partial charge in [-0.05, 0) is 12.8 Å². The summed E-state index contributed by atoms with van der Waals surface area (Å²) < 4.78 is 0. The van der Waals surface area contributed by atoms with Crippen LogP contribution in [0.25, 0.3) is 0 Å². The van der Waals surface area contributed by atoms with Gasteiger partial charge >= 0.3 is 0 Å². The molecule has 2 amide bonds. The van der Waals surface area contributed by atoms with Crippen molar-refractivity contribution in [2.24, 2.45) is 0 Å². The van der Waals surface area contributed by atoms with Crippen molar-refractivity contribution in [3.63, 3.8) is 0 Å². The molecule has 15 heavy (non-hydrogen) atoms. The Morgan fingerprint density at radius 2 is 1.20 bits per heavy atom. The first-order valence-electron chi connectivity index (χ1n) is 5.98. The highest BCUT2D eigenvalue weighted by molar-refractivity contribution is 5.94. The van der Waals surface area contributed by atoms with Crippen molar-refractivity contribution in [2.75, 3.05) is 0 Å². The highest BCUT2D eigenvalue weighted by Gasteiger charge is 2.09.